The van der Waals surface area contributed by atoms with E-state index in [2.05, 4.69) is 29.6 Å². The van der Waals surface area contributed by atoms with Crippen LogP contribution in [0.1, 0.15) is 33.1 Å². The molecule has 0 saturated carbocycles. The number of carbonyl (C=O) groups excluding carboxylic acids is 2. The SMILES string of the molecule is CCOC(=O)CC(NCCCNCCCN(C)C)C(=O)OCC. The van der Waals surface area contributed by atoms with Crippen molar-refractivity contribution in [1.82, 2.24) is 15.5 Å². The Morgan fingerprint density at radius 3 is 2.26 bits per heavy atom. The van der Waals surface area contributed by atoms with E-state index in [1.165, 1.54) is 0 Å². The van der Waals surface area contributed by atoms with Gasteiger partial charge < -0.3 is 25.0 Å². The summed E-state index contributed by atoms with van der Waals surface area (Å²) in [7, 11) is 4.12. The first-order valence-corrected chi connectivity index (χ1v) is 8.42. The van der Waals surface area contributed by atoms with E-state index in [-0.39, 0.29) is 12.4 Å². The molecule has 1 unspecified atom stereocenters. The van der Waals surface area contributed by atoms with Crippen LogP contribution >= 0.6 is 0 Å². The highest BCUT2D eigenvalue weighted by Crippen LogP contribution is 1.99. The molecule has 0 aromatic heterocycles. The number of ether oxygens (including phenoxy) is 2. The molecule has 0 aromatic rings. The van der Waals surface area contributed by atoms with Gasteiger partial charge in [0, 0.05) is 0 Å². The highest BCUT2D eigenvalue weighted by Gasteiger charge is 2.23. The summed E-state index contributed by atoms with van der Waals surface area (Å²) >= 11 is 0. The molecule has 0 aliphatic carbocycles. The molecule has 7 nitrogen and oxygen atoms in total. The van der Waals surface area contributed by atoms with Crippen LogP contribution in [0.4, 0.5) is 0 Å². The number of esters is 2. The van der Waals surface area contributed by atoms with E-state index in [9.17, 15) is 9.59 Å². The van der Waals surface area contributed by atoms with Gasteiger partial charge in [-0.25, -0.2) is 0 Å². The van der Waals surface area contributed by atoms with Crippen LogP contribution in [0.3, 0.4) is 0 Å². The summed E-state index contributed by atoms with van der Waals surface area (Å²) in [6, 6.07) is -0.636. The normalized spacial score (nSPS) is 12.2. The Morgan fingerprint density at radius 1 is 1.00 bits per heavy atom. The molecule has 0 spiro atoms. The fourth-order valence-electron chi connectivity index (χ4n) is 2.00. The third-order valence-electron chi connectivity index (χ3n) is 3.13. The van der Waals surface area contributed by atoms with Gasteiger partial charge in [-0.1, -0.05) is 0 Å². The highest BCUT2D eigenvalue weighted by molar-refractivity contribution is 5.82. The van der Waals surface area contributed by atoms with E-state index >= 15 is 0 Å². The maximum atomic E-state index is 11.8. The molecule has 0 fully saturated rings. The summed E-state index contributed by atoms with van der Waals surface area (Å²) in [6.07, 6.45) is 1.98. The predicted molar refractivity (Wildman–Crippen MR) is 90.3 cm³/mol. The van der Waals surface area contributed by atoms with Crippen molar-refractivity contribution in [2.75, 3.05) is 53.5 Å². The first kappa shape index (κ1) is 21.8. The van der Waals surface area contributed by atoms with Gasteiger partial charge in [0.25, 0.3) is 0 Å². The Morgan fingerprint density at radius 2 is 1.65 bits per heavy atom. The molecule has 0 rings (SSSR count). The third kappa shape index (κ3) is 13.0. The van der Waals surface area contributed by atoms with Gasteiger partial charge in [-0.05, 0) is 67.0 Å². The van der Waals surface area contributed by atoms with Gasteiger partial charge in [0.15, 0.2) is 0 Å². The minimum absolute atomic E-state index is 0.00291. The molecule has 7 heteroatoms. The van der Waals surface area contributed by atoms with Crippen LogP contribution in [-0.4, -0.2) is 76.4 Å². The number of carbonyl (C=O) groups is 2. The van der Waals surface area contributed by atoms with Gasteiger partial charge in [-0.3, -0.25) is 9.59 Å². The van der Waals surface area contributed by atoms with Crippen molar-refractivity contribution in [2.45, 2.75) is 39.2 Å². The minimum atomic E-state index is -0.636. The molecule has 1 atom stereocenters. The van der Waals surface area contributed by atoms with Crippen molar-refractivity contribution < 1.29 is 19.1 Å². The zero-order valence-electron chi connectivity index (χ0n) is 15.0. The standard InChI is InChI=1S/C16H33N3O4/c1-5-22-15(20)13-14(16(21)23-6-2)18-11-7-9-17-10-8-12-19(3)4/h14,17-18H,5-13H2,1-4H3. The van der Waals surface area contributed by atoms with Crippen LogP contribution in [0.15, 0.2) is 0 Å². The van der Waals surface area contributed by atoms with E-state index in [0.29, 0.717) is 19.8 Å². The first-order chi connectivity index (χ1) is 11.0. The van der Waals surface area contributed by atoms with E-state index in [4.69, 9.17) is 9.47 Å². The Hall–Kier alpha value is -1.18. The summed E-state index contributed by atoms with van der Waals surface area (Å²) < 4.78 is 9.87. The predicted octanol–water partition coefficient (Wildman–Crippen LogP) is 0.392. The fourth-order valence-corrected chi connectivity index (χ4v) is 2.00. The molecule has 0 aromatic carbocycles. The summed E-state index contributed by atoms with van der Waals surface area (Å²) in [5, 5.41) is 6.43. The van der Waals surface area contributed by atoms with E-state index in [0.717, 1.165) is 32.5 Å². The molecule has 136 valence electrons. The lowest BCUT2D eigenvalue weighted by Crippen LogP contribution is -2.41. The summed E-state index contributed by atoms with van der Waals surface area (Å²) in [5.41, 5.74) is 0. The quantitative estimate of drug-likeness (QED) is 0.352. The Kier molecular flexibility index (Phi) is 13.7. The lowest BCUT2D eigenvalue weighted by molar-refractivity contribution is -0.152. The zero-order valence-corrected chi connectivity index (χ0v) is 15.0. The van der Waals surface area contributed by atoms with Gasteiger partial charge in [0.05, 0.1) is 19.6 Å². The number of rotatable bonds is 14. The monoisotopic (exact) mass is 331 g/mol. The van der Waals surface area contributed by atoms with Crippen LogP contribution in [0.2, 0.25) is 0 Å². The number of hydrogen-bond acceptors (Lipinski definition) is 7. The van der Waals surface area contributed by atoms with Gasteiger partial charge in [-0.15, -0.1) is 0 Å². The van der Waals surface area contributed by atoms with E-state index in [1.807, 2.05) is 0 Å². The maximum absolute atomic E-state index is 11.8. The molecule has 0 amide bonds. The molecule has 0 aliphatic heterocycles. The van der Waals surface area contributed by atoms with Gasteiger partial charge >= 0.3 is 11.9 Å². The molecule has 23 heavy (non-hydrogen) atoms. The summed E-state index contributed by atoms with van der Waals surface area (Å²) in [5.74, 6) is -0.792. The van der Waals surface area contributed by atoms with Crippen LogP contribution in [0, 0.1) is 0 Å². The lowest BCUT2D eigenvalue weighted by atomic mass is 10.2. The highest BCUT2D eigenvalue weighted by atomic mass is 16.5. The minimum Gasteiger partial charge on any atom is -0.466 e. The summed E-state index contributed by atoms with van der Waals surface area (Å²) in [6.45, 7) is 7.65. The summed E-state index contributed by atoms with van der Waals surface area (Å²) in [4.78, 5) is 25.5. The Balaban J connectivity index is 3.91. The maximum Gasteiger partial charge on any atom is 0.323 e. The second kappa shape index (κ2) is 14.4. The zero-order chi connectivity index (χ0) is 17.5. The molecule has 0 radical (unpaired) electrons. The molecular formula is C16H33N3O4. The topological polar surface area (TPSA) is 79.9 Å². The first-order valence-electron chi connectivity index (χ1n) is 8.42. The third-order valence-corrected chi connectivity index (χ3v) is 3.13. The van der Waals surface area contributed by atoms with Crippen LogP contribution in [0.5, 0.6) is 0 Å². The average Bonchev–Trinajstić information content (AvgIpc) is 2.48. The average molecular weight is 331 g/mol. The van der Waals surface area contributed by atoms with Crippen LogP contribution in [-0.2, 0) is 19.1 Å². The molecule has 0 heterocycles. The van der Waals surface area contributed by atoms with Crippen molar-refractivity contribution in [3.8, 4) is 0 Å². The van der Waals surface area contributed by atoms with Gasteiger partial charge in [0.2, 0.25) is 0 Å². The van der Waals surface area contributed by atoms with Crippen LogP contribution < -0.4 is 10.6 Å². The van der Waals surface area contributed by atoms with Crippen molar-refractivity contribution in [1.29, 1.82) is 0 Å². The van der Waals surface area contributed by atoms with Crippen LogP contribution in [0.25, 0.3) is 0 Å². The molecule has 2 N–H and O–H groups in total. The molecular weight excluding hydrogens is 298 g/mol. The van der Waals surface area contributed by atoms with Crippen molar-refractivity contribution >= 4 is 11.9 Å². The van der Waals surface area contributed by atoms with Crippen molar-refractivity contribution in [2.24, 2.45) is 0 Å². The number of nitrogens with zero attached hydrogens (tertiary/aromatic N) is 1. The number of nitrogens with one attached hydrogen (secondary N) is 2. The Labute approximate surface area is 140 Å². The molecule has 0 aliphatic rings. The molecule has 0 saturated heterocycles. The van der Waals surface area contributed by atoms with E-state index < -0.39 is 12.0 Å². The van der Waals surface area contributed by atoms with Crippen molar-refractivity contribution in [3.63, 3.8) is 0 Å². The lowest BCUT2D eigenvalue weighted by Gasteiger charge is -2.16. The fraction of sp³-hybridized carbons (Fsp3) is 0.875. The molecule has 0 bridgehead atoms. The number of hydrogen-bond donors (Lipinski definition) is 2. The second-order valence-electron chi connectivity index (χ2n) is 5.53. The van der Waals surface area contributed by atoms with Gasteiger partial charge in [-0.2, -0.15) is 0 Å². The smallest absolute Gasteiger partial charge is 0.323 e. The Bertz CT molecular complexity index is 324. The largest absolute Gasteiger partial charge is 0.466 e. The van der Waals surface area contributed by atoms with Crippen molar-refractivity contribution in [3.05, 3.63) is 0 Å². The second-order valence-corrected chi connectivity index (χ2v) is 5.53. The van der Waals surface area contributed by atoms with E-state index in [1.54, 1.807) is 13.8 Å². The van der Waals surface area contributed by atoms with Gasteiger partial charge in [0.1, 0.15) is 6.04 Å².